The molecule has 0 saturated heterocycles. The van der Waals surface area contributed by atoms with Gasteiger partial charge in [0.2, 0.25) is 0 Å². The van der Waals surface area contributed by atoms with Gasteiger partial charge in [-0.15, -0.1) is 0 Å². The Labute approximate surface area is 139 Å². The van der Waals surface area contributed by atoms with Crippen LogP contribution in [0.4, 0.5) is 0 Å². The minimum atomic E-state index is -2.84. The van der Waals surface area contributed by atoms with Crippen LogP contribution in [0.5, 0.6) is 0 Å². The largest absolute Gasteiger partial charge is 0.309 e. The molecule has 0 aromatic heterocycles. The molecule has 3 aromatic rings. The van der Waals surface area contributed by atoms with E-state index < -0.39 is 7.14 Å². The predicted octanol–water partition coefficient (Wildman–Crippen LogP) is 3.58. The number of rotatable bonds is 5. The number of hydrogen-bond acceptors (Lipinski definition) is 1. The highest BCUT2D eigenvalue weighted by Gasteiger charge is 2.29. The van der Waals surface area contributed by atoms with Crippen molar-refractivity contribution in [1.82, 2.24) is 0 Å². The van der Waals surface area contributed by atoms with Gasteiger partial charge in [0.05, 0.1) is 0 Å². The molecule has 0 amide bonds. The molecule has 113 valence electrons. The lowest BCUT2D eigenvalue weighted by Gasteiger charge is -2.20. The summed E-state index contributed by atoms with van der Waals surface area (Å²) in [6.07, 6.45) is 0.886. The second-order valence-corrected chi connectivity index (χ2v) is 8.33. The molecule has 0 aliphatic rings. The molecule has 1 nitrogen and oxygen atoms in total. The molecule has 0 saturated carbocycles. The van der Waals surface area contributed by atoms with Crippen LogP contribution in [-0.2, 0) is 10.9 Å². The lowest BCUT2D eigenvalue weighted by Crippen LogP contribution is -2.25. The maximum absolute atomic E-state index is 14.2. The molecule has 3 rings (SSSR count). The summed E-state index contributed by atoms with van der Waals surface area (Å²) in [4.78, 5) is 0. The van der Waals surface area contributed by atoms with Crippen LogP contribution in [0.25, 0.3) is 0 Å². The van der Waals surface area contributed by atoms with Crippen molar-refractivity contribution in [3.8, 4) is 0 Å². The maximum atomic E-state index is 14.2. The van der Waals surface area contributed by atoms with E-state index in [1.807, 2.05) is 79.6 Å². The molecule has 0 aliphatic heterocycles. The molecule has 1 radical (unpaired) electrons. The second kappa shape index (κ2) is 7.02. The summed E-state index contributed by atoms with van der Waals surface area (Å²) in [5.74, 6) is 0. The number of hydrogen-bond donors (Lipinski definition) is 0. The average Bonchev–Trinajstić information content (AvgIpc) is 2.63. The van der Waals surface area contributed by atoms with E-state index in [1.54, 1.807) is 0 Å². The SMILES string of the molecule is C[B]Cc1cccc(P(=O)(c2ccccc2)c2ccccc2)c1. The highest BCUT2D eigenvalue weighted by molar-refractivity contribution is 7.85. The van der Waals surface area contributed by atoms with Gasteiger partial charge in [0.15, 0.2) is 7.14 Å². The van der Waals surface area contributed by atoms with E-state index in [1.165, 1.54) is 5.56 Å². The van der Waals surface area contributed by atoms with Crippen molar-refractivity contribution in [2.75, 3.05) is 0 Å². The van der Waals surface area contributed by atoms with E-state index in [-0.39, 0.29) is 0 Å². The third kappa shape index (κ3) is 3.18. The van der Waals surface area contributed by atoms with E-state index in [0.717, 1.165) is 22.2 Å². The summed E-state index contributed by atoms with van der Waals surface area (Å²) in [6, 6.07) is 27.8. The van der Waals surface area contributed by atoms with Crippen molar-refractivity contribution in [2.24, 2.45) is 0 Å². The van der Waals surface area contributed by atoms with Crippen molar-refractivity contribution < 1.29 is 4.57 Å². The van der Waals surface area contributed by atoms with Gasteiger partial charge in [-0.2, -0.15) is 0 Å². The van der Waals surface area contributed by atoms with Gasteiger partial charge >= 0.3 is 0 Å². The van der Waals surface area contributed by atoms with Crippen LogP contribution in [0.3, 0.4) is 0 Å². The van der Waals surface area contributed by atoms with Crippen LogP contribution < -0.4 is 15.9 Å². The Hall–Kier alpha value is -2.05. The van der Waals surface area contributed by atoms with Crippen LogP contribution in [0.15, 0.2) is 84.9 Å². The van der Waals surface area contributed by atoms with E-state index in [0.29, 0.717) is 0 Å². The molecule has 0 aliphatic carbocycles. The van der Waals surface area contributed by atoms with Gasteiger partial charge in [0.1, 0.15) is 7.28 Å². The molecule has 0 heterocycles. The Morgan fingerprint density at radius 3 is 1.78 bits per heavy atom. The normalized spacial score (nSPS) is 11.2. The van der Waals surface area contributed by atoms with Gasteiger partial charge in [0.25, 0.3) is 0 Å². The topological polar surface area (TPSA) is 17.1 Å². The fraction of sp³-hybridized carbons (Fsp3) is 0.100. The summed E-state index contributed by atoms with van der Waals surface area (Å²) in [5.41, 5.74) is 1.19. The van der Waals surface area contributed by atoms with E-state index in [4.69, 9.17) is 0 Å². The first-order chi connectivity index (χ1) is 11.2. The molecule has 0 atom stereocenters. The van der Waals surface area contributed by atoms with E-state index in [9.17, 15) is 4.57 Å². The Morgan fingerprint density at radius 2 is 1.26 bits per heavy atom. The first kappa shape index (κ1) is 15.8. The monoisotopic (exact) mass is 317 g/mol. The molecule has 0 fully saturated rings. The third-order valence-electron chi connectivity index (χ3n) is 3.95. The summed E-state index contributed by atoms with van der Waals surface area (Å²) in [5, 5.41) is 2.65. The molecule has 0 bridgehead atoms. The minimum absolute atomic E-state index is 0.879. The summed E-state index contributed by atoms with van der Waals surface area (Å²) in [7, 11) is -0.721. The maximum Gasteiger partial charge on any atom is 0.171 e. The standard InChI is InChI=1S/C20H19BOP/c1-21-16-17-9-8-14-20(15-17)23(22,18-10-4-2-5-11-18)19-12-6-3-7-13-19/h2-15H,16H2,1H3. The highest BCUT2D eigenvalue weighted by atomic mass is 31.2. The quantitative estimate of drug-likeness (QED) is 0.519. The highest BCUT2D eigenvalue weighted by Crippen LogP contribution is 2.42. The van der Waals surface area contributed by atoms with Crippen LogP contribution in [-0.4, -0.2) is 7.28 Å². The fourth-order valence-corrected chi connectivity index (χ4v) is 5.56. The van der Waals surface area contributed by atoms with Gasteiger partial charge in [-0.25, -0.2) is 0 Å². The van der Waals surface area contributed by atoms with Crippen molar-refractivity contribution in [1.29, 1.82) is 0 Å². The predicted molar refractivity (Wildman–Crippen MR) is 101 cm³/mol. The van der Waals surface area contributed by atoms with Crippen LogP contribution in [0, 0.1) is 0 Å². The average molecular weight is 317 g/mol. The first-order valence-electron chi connectivity index (χ1n) is 7.84. The molecular formula is C20H19BOP. The Morgan fingerprint density at radius 1 is 0.739 bits per heavy atom. The third-order valence-corrected chi connectivity index (χ3v) is 7.01. The van der Waals surface area contributed by atoms with Gasteiger partial charge in [0, 0.05) is 15.9 Å². The van der Waals surface area contributed by atoms with Crippen molar-refractivity contribution in [2.45, 2.75) is 13.1 Å². The van der Waals surface area contributed by atoms with Gasteiger partial charge in [-0.1, -0.05) is 97.6 Å². The van der Waals surface area contributed by atoms with E-state index >= 15 is 0 Å². The van der Waals surface area contributed by atoms with E-state index in [2.05, 4.69) is 19.4 Å². The minimum Gasteiger partial charge on any atom is -0.309 e. The summed E-state index contributed by atoms with van der Waals surface area (Å²) in [6.45, 7) is 2.04. The smallest absolute Gasteiger partial charge is 0.171 e. The fourth-order valence-electron chi connectivity index (χ4n) is 2.84. The second-order valence-electron chi connectivity index (χ2n) is 5.56. The molecule has 23 heavy (non-hydrogen) atoms. The summed E-state index contributed by atoms with van der Waals surface area (Å²) >= 11 is 0. The first-order valence-corrected chi connectivity index (χ1v) is 9.54. The lowest BCUT2D eigenvalue weighted by molar-refractivity contribution is 0.592. The van der Waals surface area contributed by atoms with Crippen LogP contribution in [0.2, 0.25) is 6.82 Å². The molecular weight excluding hydrogens is 298 g/mol. The van der Waals surface area contributed by atoms with Crippen molar-refractivity contribution >= 4 is 30.3 Å². The van der Waals surface area contributed by atoms with Gasteiger partial charge in [-0.05, 0) is 6.07 Å². The zero-order valence-corrected chi connectivity index (χ0v) is 14.1. The number of benzene rings is 3. The Balaban J connectivity index is 2.21. The van der Waals surface area contributed by atoms with Gasteiger partial charge < -0.3 is 4.57 Å². The van der Waals surface area contributed by atoms with Gasteiger partial charge in [-0.3, -0.25) is 0 Å². The molecule has 3 heteroatoms. The van der Waals surface area contributed by atoms with Crippen molar-refractivity contribution in [3.05, 3.63) is 90.5 Å². The zero-order valence-electron chi connectivity index (χ0n) is 13.2. The Bertz CT molecular complexity index is 772. The zero-order chi connectivity index (χ0) is 16.1. The summed E-state index contributed by atoms with van der Waals surface area (Å²) < 4.78 is 14.2. The lowest BCUT2D eigenvalue weighted by atomic mass is 9.75. The molecule has 3 aromatic carbocycles. The molecule has 0 N–H and O–H groups in total. The van der Waals surface area contributed by atoms with Crippen LogP contribution in [0.1, 0.15) is 5.56 Å². The van der Waals surface area contributed by atoms with Crippen molar-refractivity contribution in [3.63, 3.8) is 0 Å². The Kier molecular flexibility index (Phi) is 4.83. The van der Waals surface area contributed by atoms with Crippen LogP contribution >= 0.6 is 7.14 Å². The molecule has 0 unspecified atom stereocenters. The molecule has 0 spiro atoms.